The third-order valence-electron chi connectivity index (χ3n) is 2.88. The van der Waals surface area contributed by atoms with Gasteiger partial charge in [0.1, 0.15) is 11.8 Å². The summed E-state index contributed by atoms with van der Waals surface area (Å²) in [7, 11) is 1.57. The van der Waals surface area contributed by atoms with E-state index >= 15 is 0 Å². The minimum absolute atomic E-state index is 0.584. The number of methoxy groups -OCH3 is 1. The minimum Gasteiger partial charge on any atom is -0.493 e. The van der Waals surface area contributed by atoms with Gasteiger partial charge in [0.15, 0.2) is 5.75 Å². The third kappa shape index (κ3) is 2.85. The van der Waals surface area contributed by atoms with Crippen LogP contribution in [0.2, 0.25) is 0 Å². The van der Waals surface area contributed by atoms with Crippen molar-refractivity contribution < 1.29 is 9.84 Å². The van der Waals surface area contributed by atoms with Gasteiger partial charge >= 0.3 is 0 Å². The smallest absolute Gasteiger partial charge is 0.163 e. The highest BCUT2D eigenvalue weighted by Gasteiger charge is 2.23. The molecule has 102 valence electrons. The van der Waals surface area contributed by atoms with E-state index < -0.39 is 6.10 Å². The summed E-state index contributed by atoms with van der Waals surface area (Å²) in [6, 6.07) is 5.68. The van der Waals surface area contributed by atoms with Gasteiger partial charge in [-0.2, -0.15) is 5.10 Å². The predicted octanol–water partition coefficient (Wildman–Crippen LogP) is 3.52. The van der Waals surface area contributed by atoms with Crippen LogP contribution in [-0.4, -0.2) is 22.0 Å². The fourth-order valence-corrected chi connectivity index (χ4v) is 2.78. The van der Waals surface area contributed by atoms with Crippen LogP contribution >= 0.6 is 31.9 Å². The molecule has 0 amide bonds. The Morgan fingerprint density at radius 1 is 1.42 bits per heavy atom. The molecule has 0 spiro atoms. The first-order chi connectivity index (χ1) is 9.08. The van der Waals surface area contributed by atoms with E-state index in [2.05, 4.69) is 37.0 Å². The number of aliphatic hydroxyl groups excluding tert-OH is 1. The van der Waals surface area contributed by atoms with Gasteiger partial charge in [-0.3, -0.25) is 4.68 Å². The number of hydrogen-bond donors (Lipinski definition) is 1. The molecule has 2 aromatic rings. The summed E-state index contributed by atoms with van der Waals surface area (Å²) >= 11 is 6.87. The Bertz CT molecular complexity index is 563. The second-order valence-electron chi connectivity index (χ2n) is 3.98. The lowest BCUT2D eigenvalue weighted by Gasteiger charge is -2.16. The van der Waals surface area contributed by atoms with Crippen molar-refractivity contribution in [3.63, 3.8) is 0 Å². The summed E-state index contributed by atoms with van der Waals surface area (Å²) in [5, 5.41) is 14.8. The van der Waals surface area contributed by atoms with Crippen LogP contribution in [0.3, 0.4) is 0 Å². The second-order valence-corrected chi connectivity index (χ2v) is 5.75. The van der Waals surface area contributed by atoms with Gasteiger partial charge in [-0.05, 0) is 25.1 Å². The maximum absolute atomic E-state index is 10.6. The van der Waals surface area contributed by atoms with Crippen molar-refractivity contribution in [1.82, 2.24) is 9.78 Å². The average molecular weight is 390 g/mol. The van der Waals surface area contributed by atoms with Gasteiger partial charge < -0.3 is 9.84 Å². The Kier molecular flexibility index (Phi) is 4.65. The molecule has 1 aromatic heterocycles. The van der Waals surface area contributed by atoms with Gasteiger partial charge in [-0.25, -0.2) is 0 Å². The van der Waals surface area contributed by atoms with Crippen LogP contribution < -0.4 is 4.74 Å². The second kappa shape index (κ2) is 6.07. The number of hydrogen-bond acceptors (Lipinski definition) is 3. The number of benzene rings is 1. The molecule has 0 saturated carbocycles. The first kappa shape index (κ1) is 14.6. The molecule has 0 radical (unpaired) electrons. The number of rotatable bonds is 4. The number of aliphatic hydroxyl groups is 1. The van der Waals surface area contributed by atoms with E-state index in [9.17, 15) is 5.11 Å². The topological polar surface area (TPSA) is 47.3 Å². The molecule has 1 unspecified atom stereocenters. The number of ether oxygens (including phenoxy) is 1. The summed E-state index contributed by atoms with van der Waals surface area (Å²) in [5.41, 5.74) is 1.42. The first-order valence-corrected chi connectivity index (χ1v) is 7.39. The van der Waals surface area contributed by atoms with E-state index in [4.69, 9.17) is 4.74 Å². The van der Waals surface area contributed by atoms with E-state index in [-0.39, 0.29) is 0 Å². The molecule has 0 aliphatic heterocycles. The van der Waals surface area contributed by atoms with Gasteiger partial charge in [0.05, 0.1) is 13.3 Å². The zero-order valence-corrected chi connectivity index (χ0v) is 13.8. The van der Waals surface area contributed by atoms with Gasteiger partial charge in [0, 0.05) is 21.1 Å². The van der Waals surface area contributed by atoms with Crippen molar-refractivity contribution in [2.75, 3.05) is 7.11 Å². The molecule has 0 aliphatic rings. The highest BCUT2D eigenvalue weighted by Crippen LogP contribution is 2.35. The largest absolute Gasteiger partial charge is 0.493 e. The molecule has 0 aliphatic carbocycles. The molecule has 0 saturated heterocycles. The number of nitrogens with zero attached hydrogens (tertiary/aromatic N) is 2. The zero-order valence-electron chi connectivity index (χ0n) is 10.6. The minimum atomic E-state index is -0.802. The SMILES string of the molecule is CCn1ncc(OC)c1C(O)c1cc(Br)ccc1Br. The number of aryl methyl sites for hydroxylation is 1. The highest BCUT2D eigenvalue weighted by atomic mass is 79.9. The molecular weight excluding hydrogens is 376 g/mol. The third-order valence-corrected chi connectivity index (χ3v) is 4.09. The van der Waals surface area contributed by atoms with Crippen molar-refractivity contribution >= 4 is 31.9 Å². The lowest BCUT2D eigenvalue weighted by Crippen LogP contribution is -2.10. The van der Waals surface area contributed by atoms with Crippen LogP contribution in [-0.2, 0) is 6.54 Å². The monoisotopic (exact) mass is 388 g/mol. The quantitative estimate of drug-likeness (QED) is 0.870. The van der Waals surface area contributed by atoms with E-state index in [1.807, 2.05) is 25.1 Å². The van der Waals surface area contributed by atoms with Gasteiger partial charge in [-0.15, -0.1) is 0 Å². The highest BCUT2D eigenvalue weighted by molar-refractivity contribution is 9.11. The summed E-state index contributed by atoms with van der Waals surface area (Å²) in [5.74, 6) is 0.584. The van der Waals surface area contributed by atoms with Gasteiger partial charge in [0.2, 0.25) is 0 Å². The fraction of sp³-hybridized carbons (Fsp3) is 0.308. The van der Waals surface area contributed by atoms with Gasteiger partial charge in [-0.1, -0.05) is 31.9 Å². The maximum atomic E-state index is 10.6. The first-order valence-electron chi connectivity index (χ1n) is 5.81. The van der Waals surface area contributed by atoms with Crippen LogP contribution in [0.4, 0.5) is 0 Å². The lowest BCUT2D eigenvalue weighted by atomic mass is 10.1. The summed E-state index contributed by atoms with van der Waals surface area (Å²) in [6.45, 7) is 2.64. The van der Waals surface area contributed by atoms with Crippen LogP contribution in [0, 0.1) is 0 Å². The Morgan fingerprint density at radius 3 is 2.79 bits per heavy atom. The Labute approximate surface area is 128 Å². The Balaban J connectivity index is 2.51. The molecule has 2 rings (SSSR count). The summed E-state index contributed by atoms with van der Waals surface area (Å²) in [6.07, 6.45) is 0.817. The van der Waals surface area contributed by atoms with Crippen LogP contribution in [0.5, 0.6) is 5.75 Å². The number of halogens is 2. The van der Waals surface area contributed by atoms with Crippen molar-refractivity contribution in [2.24, 2.45) is 0 Å². The molecule has 1 heterocycles. The Morgan fingerprint density at radius 2 is 2.16 bits per heavy atom. The van der Waals surface area contributed by atoms with Gasteiger partial charge in [0.25, 0.3) is 0 Å². The van der Waals surface area contributed by atoms with Crippen LogP contribution in [0.25, 0.3) is 0 Å². The van der Waals surface area contributed by atoms with E-state index in [0.717, 1.165) is 14.5 Å². The molecule has 0 fully saturated rings. The summed E-state index contributed by atoms with van der Waals surface area (Å²) in [4.78, 5) is 0. The standard InChI is InChI=1S/C13H14Br2N2O2/c1-3-17-12(11(19-2)7-16-17)13(18)9-6-8(14)4-5-10(9)15/h4-7,13,18H,3H2,1-2H3. The van der Waals surface area contributed by atoms with Crippen molar-refractivity contribution in [2.45, 2.75) is 19.6 Å². The predicted molar refractivity (Wildman–Crippen MR) is 80.4 cm³/mol. The van der Waals surface area contributed by atoms with Crippen molar-refractivity contribution in [3.05, 3.63) is 44.6 Å². The molecule has 4 nitrogen and oxygen atoms in total. The molecular formula is C13H14Br2N2O2. The van der Waals surface area contributed by atoms with E-state index in [1.54, 1.807) is 18.0 Å². The molecule has 19 heavy (non-hydrogen) atoms. The van der Waals surface area contributed by atoms with E-state index in [1.165, 1.54) is 0 Å². The van der Waals surface area contributed by atoms with Crippen LogP contribution in [0.1, 0.15) is 24.3 Å². The van der Waals surface area contributed by atoms with E-state index in [0.29, 0.717) is 18.0 Å². The molecule has 1 N–H and O–H groups in total. The van der Waals surface area contributed by atoms with Crippen molar-refractivity contribution in [3.8, 4) is 5.75 Å². The Hall–Kier alpha value is -0.850. The normalized spacial score (nSPS) is 12.5. The fourth-order valence-electron chi connectivity index (χ4n) is 1.93. The molecule has 1 atom stereocenters. The molecule has 1 aromatic carbocycles. The zero-order chi connectivity index (χ0) is 14.0. The number of aromatic nitrogens is 2. The summed E-state index contributed by atoms with van der Waals surface area (Å²) < 4.78 is 8.75. The van der Waals surface area contributed by atoms with Crippen LogP contribution in [0.15, 0.2) is 33.3 Å². The molecule has 0 bridgehead atoms. The maximum Gasteiger partial charge on any atom is 0.163 e. The lowest BCUT2D eigenvalue weighted by molar-refractivity contribution is 0.202. The average Bonchev–Trinajstić information content (AvgIpc) is 2.83. The van der Waals surface area contributed by atoms with Crippen molar-refractivity contribution in [1.29, 1.82) is 0 Å². The molecule has 6 heteroatoms.